The van der Waals surface area contributed by atoms with Crippen molar-refractivity contribution in [2.45, 2.75) is 58.2 Å². The van der Waals surface area contributed by atoms with Gasteiger partial charge in [0.2, 0.25) is 11.8 Å². The first kappa shape index (κ1) is 25.6. The minimum absolute atomic E-state index is 0. The maximum absolute atomic E-state index is 14.3. The van der Waals surface area contributed by atoms with Crippen molar-refractivity contribution < 1.29 is 27.4 Å². The molecule has 1 heterocycles. The van der Waals surface area contributed by atoms with Gasteiger partial charge in [-0.2, -0.15) is 0 Å². The number of carbonyl (C=O) groups excluding carboxylic acids is 3. The van der Waals surface area contributed by atoms with Crippen molar-refractivity contribution in [3.8, 4) is 0 Å². The topological polar surface area (TPSA) is 90.5 Å². The molecule has 0 spiro atoms. The van der Waals surface area contributed by atoms with Crippen LogP contribution in [-0.4, -0.2) is 48.3 Å². The number of amides is 3. The average Bonchev–Trinajstić information content (AvgIpc) is 2.82. The van der Waals surface area contributed by atoms with Crippen LogP contribution in [0, 0.1) is 5.92 Å². The van der Waals surface area contributed by atoms with Crippen molar-refractivity contribution in [1.82, 2.24) is 20.9 Å². The number of benzene rings is 1. The molecular formula is C25H38F2N4O3. The van der Waals surface area contributed by atoms with Gasteiger partial charge in [-0.1, -0.05) is 38.1 Å². The molecule has 0 unspecified atom stereocenters. The number of hydrogen-bond donors (Lipinski definition) is 3. The predicted octanol–water partition coefficient (Wildman–Crippen LogP) is 3.54. The maximum atomic E-state index is 14.3. The van der Waals surface area contributed by atoms with Crippen LogP contribution in [0.15, 0.2) is 47.7 Å². The molecule has 0 aromatic heterocycles. The van der Waals surface area contributed by atoms with Crippen molar-refractivity contribution in [3.05, 3.63) is 58.8 Å². The largest absolute Gasteiger partial charge is 0.343 e. The van der Waals surface area contributed by atoms with E-state index >= 15 is 0 Å². The van der Waals surface area contributed by atoms with Crippen LogP contribution in [0.2, 0.25) is 0 Å². The molecule has 9 heteroatoms. The Morgan fingerprint density at radius 2 is 1.82 bits per heavy atom. The van der Waals surface area contributed by atoms with Crippen molar-refractivity contribution in [1.29, 1.82) is 0 Å². The summed E-state index contributed by atoms with van der Waals surface area (Å²) in [6.07, 6.45) is 1.96. The highest BCUT2D eigenvalue weighted by atomic mass is 19.1. The molecule has 3 amide bonds. The molecule has 2 aliphatic rings. The van der Waals surface area contributed by atoms with Gasteiger partial charge in [-0.05, 0) is 49.9 Å². The molecular weight excluding hydrogens is 442 g/mol. The first-order valence-corrected chi connectivity index (χ1v) is 11.6. The van der Waals surface area contributed by atoms with Gasteiger partial charge in [0.15, 0.2) is 0 Å². The van der Waals surface area contributed by atoms with Gasteiger partial charge < -0.3 is 20.9 Å². The molecule has 3 rings (SSSR count). The van der Waals surface area contributed by atoms with E-state index in [9.17, 15) is 23.2 Å². The minimum atomic E-state index is -1.09. The van der Waals surface area contributed by atoms with Gasteiger partial charge >= 0.3 is 0 Å². The molecule has 1 aromatic carbocycles. The van der Waals surface area contributed by atoms with E-state index < -0.39 is 47.3 Å². The van der Waals surface area contributed by atoms with Crippen LogP contribution in [0.5, 0.6) is 0 Å². The second kappa shape index (κ2) is 10.9. The summed E-state index contributed by atoms with van der Waals surface area (Å²) in [4.78, 5) is 41.0. The summed E-state index contributed by atoms with van der Waals surface area (Å²) in [6, 6.07) is 4.74. The molecule has 0 radical (unpaired) electrons. The van der Waals surface area contributed by atoms with Crippen molar-refractivity contribution in [3.63, 3.8) is 0 Å². The summed E-state index contributed by atoms with van der Waals surface area (Å²) < 4.78 is 28.6. The van der Waals surface area contributed by atoms with Gasteiger partial charge in [0, 0.05) is 17.2 Å². The molecule has 1 aliphatic heterocycles. The van der Waals surface area contributed by atoms with Gasteiger partial charge in [-0.3, -0.25) is 14.4 Å². The van der Waals surface area contributed by atoms with Crippen LogP contribution in [-0.2, 0) is 20.8 Å². The van der Waals surface area contributed by atoms with E-state index in [2.05, 4.69) is 16.0 Å². The Kier molecular flexibility index (Phi) is 8.19. The Balaban J connectivity index is 0.00000432. The Morgan fingerprint density at radius 3 is 2.47 bits per heavy atom. The smallest absolute Gasteiger partial charge is 0.251 e. The number of fused-ring (bicyclic) bond motifs is 1. The molecule has 0 saturated carbocycles. The number of carbonyl (C=O) groups is 3. The lowest BCUT2D eigenvalue weighted by atomic mass is 9.90. The SMILES string of the molecule is CN[C@@H](C)C(=O)N[C@H](C(=O)N1CCc2ccccc2[C@H]1C(=O)NC1=C(F)CCC=C1F)C(C)C.[HH].[HH].[HH]. The van der Waals surface area contributed by atoms with E-state index in [0.717, 1.165) is 5.56 Å². The summed E-state index contributed by atoms with van der Waals surface area (Å²) in [5.74, 6) is -3.27. The van der Waals surface area contributed by atoms with Crippen LogP contribution in [0.1, 0.15) is 55.1 Å². The average molecular weight is 481 g/mol. The van der Waals surface area contributed by atoms with E-state index in [4.69, 9.17) is 0 Å². The Morgan fingerprint density at radius 1 is 1.12 bits per heavy atom. The fourth-order valence-electron chi connectivity index (χ4n) is 4.19. The monoisotopic (exact) mass is 480 g/mol. The summed E-state index contributed by atoms with van der Waals surface area (Å²) in [6.45, 7) is 5.53. The zero-order chi connectivity index (χ0) is 25.0. The highest BCUT2D eigenvalue weighted by Crippen LogP contribution is 2.33. The van der Waals surface area contributed by atoms with Crippen molar-refractivity contribution in [2.24, 2.45) is 5.92 Å². The molecule has 0 fully saturated rings. The number of allylic oxidation sites excluding steroid dienone is 3. The summed E-state index contributed by atoms with van der Waals surface area (Å²) in [5, 5.41) is 8.00. The van der Waals surface area contributed by atoms with Crippen LogP contribution >= 0.6 is 0 Å². The Hall–Kier alpha value is -3.07. The molecule has 190 valence electrons. The zero-order valence-corrected chi connectivity index (χ0v) is 20.0. The van der Waals surface area contributed by atoms with Crippen LogP contribution in [0.4, 0.5) is 8.78 Å². The van der Waals surface area contributed by atoms with Crippen molar-refractivity contribution in [2.75, 3.05) is 13.6 Å². The van der Waals surface area contributed by atoms with Crippen molar-refractivity contribution >= 4 is 17.7 Å². The van der Waals surface area contributed by atoms with Crippen LogP contribution < -0.4 is 16.0 Å². The molecule has 3 N–H and O–H groups in total. The number of halogens is 2. The second-order valence-corrected chi connectivity index (χ2v) is 8.98. The fourth-order valence-corrected chi connectivity index (χ4v) is 4.19. The highest BCUT2D eigenvalue weighted by molar-refractivity contribution is 5.94. The first-order valence-electron chi connectivity index (χ1n) is 11.6. The molecule has 7 nitrogen and oxygen atoms in total. The molecule has 3 atom stereocenters. The quantitative estimate of drug-likeness (QED) is 0.557. The van der Waals surface area contributed by atoms with Crippen LogP contribution in [0.25, 0.3) is 0 Å². The van der Waals surface area contributed by atoms with Crippen LogP contribution in [0.3, 0.4) is 0 Å². The van der Waals surface area contributed by atoms with E-state index in [1.54, 1.807) is 26.1 Å². The second-order valence-electron chi connectivity index (χ2n) is 8.98. The third-order valence-electron chi connectivity index (χ3n) is 6.32. The number of hydrogen-bond acceptors (Lipinski definition) is 4. The standard InChI is InChI=1S/C25H32F2N4O3.3H2/c1-14(2)20(29-23(32)15(3)28-4)25(34)31-13-12-16-8-5-6-9-17(16)22(31)24(33)30-21-18(26)10-7-11-19(21)27;;;/h5-6,8-10,14-15,20,22,28H,7,11-13H2,1-4H3,(H,29,32)(H,30,33);3*1H/t15-,20-,22-;;;/m0.../s1. The lowest BCUT2D eigenvalue weighted by molar-refractivity contribution is -0.145. The number of nitrogens with one attached hydrogen (secondary N) is 3. The van der Waals surface area contributed by atoms with E-state index in [1.807, 2.05) is 26.0 Å². The number of rotatable bonds is 7. The van der Waals surface area contributed by atoms with Gasteiger partial charge in [0.05, 0.1) is 6.04 Å². The fraction of sp³-hybridized carbons (Fsp3) is 0.480. The number of nitrogens with zero attached hydrogens (tertiary/aromatic N) is 1. The first-order chi connectivity index (χ1) is 16.1. The summed E-state index contributed by atoms with van der Waals surface area (Å²) >= 11 is 0. The molecule has 34 heavy (non-hydrogen) atoms. The molecule has 0 saturated heterocycles. The maximum Gasteiger partial charge on any atom is 0.251 e. The third-order valence-corrected chi connectivity index (χ3v) is 6.32. The van der Waals surface area contributed by atoms with Gasteiger partial charge in [0.25, 0.3) is 5.91 Å². The molecule has 0 bridgehead atoms. The number of likely N-dealkylation sites (N-methyl/N-ethyl adjacent to an activating group) is 1. The third kappa shape index (κ3) is 5.35. The lowest BCUT2D eigenvalue weighted by Gasteiger charge is -2.39. The molecule has 1 aliphatic carbocycles. The lowest BCUT2D eigenvalue weighted by Crippen LogP contribution is -2.57. The summed E-state index contributed by atoms with van der Waals surface area (Å²) in [7, 11) is 1.64. The highest BCUT2D eigenvalue weighted by Gasteiger charge is 2.40. The van der Waals surface area contributed by atoms with Gasteiger partial charge in [-0.25, -0.2) is 8.78 Å². The predicted molar refractivity (Wildman–Crippen MR) is 131 cm³/mol. The van der Waals surface area contributed by atoms with Gasteiger partial charge in [-0.15, -0.1) is 0 Å². The molecule has 1 aromatic rings. The van der Waals surface area contributed by atoms with Gasteiger partial charge in [0.1, 0.15) is 29.4 Å². The Labute approximate surface area is 203 Å². The minimum Gasteiger partial charge on any atom is -0.343 e. The Bertz CT molecular complexity index is 1040. The zero-order valence-electron chi connectivity index (χ0n) is 20.0. The van der Waals surface area contributed by atoms with E-state index in [1.165, 1.54) is 11.0 Å². The normalized spacial score (nSPS) is 19.8. The van der Waals surface area contributed by atoms with E-state index in [-0.39, 0.29) is 35.5 Å². The van der Waals surface area contributed by atoms with E-state index in [0.29, 0.717) is 12.0 Å². The summed E-state index contributed by atoms with van der Waals surface area (Å²) in [5.41, 5.74) is 0.997.